The zero-order chi connectivity index (χ0) is 22.2. The summed E-state index contributed by atoms with van der Waals surface area (Å²) in [5.41, 5.74) is 4.65. The van der Waals surface area contributed by atoms with Gasteiger partial charge in [0.15, 0.2) is 6.61 Å². The number of rotatable bonds is 10. The number of aromatic nitrogens is 1. The lowest BCUT2D eigenvalue weighted by molar-refractivity contribution is -0.120. The lowest BCUT2D eigenvalue weighted by Crippen LogP contribution is -2.27. The summed E-state index contributed by atoms with van der Waals surface area (Å²) in [6.45, 7) is 4.80. The van der Waals surface area contributed by atoms with Crippen molar-refractivity contribution in [1.82, 2.24) is 9.88 Å². The number of carbonyl (C=O) groups is 2. The van der Waals surface area contributed by atoms with Gasteiger partial charge < -0.3 is 19.7 Å². The van der Waals surface area contributed by atoms with Gasteiger partial charge in [0.25, 0.3) is 0 Å². The molecule has 162 valence electrons. The van der Waals surface area contributed by atoms with Crippen LogP contribution in [0.1, 0.15) is 32.9 Å². The molecule has 0 aliphatic heterocycles. The predicted molar refractivity (Wildman–Crippen MR) is 120 cm³/mol. The first-order chi connectivity index (χ1) is 15.0. The first-order valence-corrected chi connectivity index (χ1v) is 10.3. The van der Waals surface area contributed by atoms with E-state index in [1.54, 1.807) is 24.3 Å². The number of benzene rings is 2. The number of amides is 1. The molecular formula is C25H28N2O4. The van der Waals surface area contributed by atoms with Crippen molar-refractivity contribution < 1.29 is 19.4 Å². The zero-order valence-corrected chi connectivity index (χ0v) is 17.9. The van der Waals surface area contributed by atoms with E-state index in [1.807, 2.05) is 38.1 Å². The second kappa shape index (κ2) is 10.6. The van der Waals surface area contributed by atoms with E-state index in [-0.39, 0.29) is 37.9 Å². The van der Waals surface area contributed by atoms with Crippen molar-refractivity contribution in [3.8, 4) is 5.75 Å². The maximum absolute atomic E-state index is 12.8. The Labute approximate surface area is 182 Å². The largest absolute Gasteiger partial charge is 0.485 e. The molecule has 0 saturated carbocycles. The fourth-order valence-electron chi connectivity index (χ4n) is 3.47. The van der Waals surface area contributed by atoms with Gasteiger partial charge in [-0.3, -0.25) is 9.59 Å². The van der Waals surface area contributed by atoms with Crippen LogP contribution in [0, 0.1) is 13.8 Å². The topological polar surface area (TPSA) is 80.6 Å². The van der Waals surface area contributed by atoms with Crippen molar-refractivity contribution in [3.05, 3.63) is 88.7 Å². The third-order valence-electron chi connectivity index (χ3n) is 5.15. The van der Waals surface area contributed by atoms with Crippen molar-refractivity contribution in [2.24, 2.45) is 0 Å². The van der Waals surface area contributed by atoms with Crippen molar-refractivity contribution in [1.29, 1.82) is 0 Å². The average molecular weight is 421 g/mol. The number of ketones is 1. The molecule has 6 heteroatoms. The van der Waals surface area contributed by atoms with Crippen LogP contribution < -0.4 is 10.1 Å². The van der Waals surface area contributed by atoms with Crippen LogP contribution in [-0.2, 0) is 17.8 Å². The Morgan fingerprint density at radius 1 is 1.00 bits per heavy atom. The number of aryl methyl sites for hydroxylation is 1. The van der Waals surface area contributed by atoms with E-state index in [0.717, 1.165) is 23.5 Å². The summed E-state index contributed by atoms with van der Waals surface area (Å²) in [7, 11) is 0. The summed E-state index contributed by atoms with van der Waals surface area (Å²) < 4.78 is 7.82. The normalized spacial score (nSPS) is 10.7. The van der Waals surface area contributed by atoms with Crippen molar-refractivity contribution >= 4 is 11.7 Å². The quantitative estimate of drug-likeness (QED) is 0.494. The molecule has 31 heavy (non-hydrogen) atoms. The SMILES string of the molecule is Cc1cc(C(=O)COc2ccc(CC(=O)NCCO)cc2)c(C)n1Cc1ccccc1. The predicted octanol–water partition coefficient (Wildman–Crippen LogP) is 3.07. The number of Topliss-reactive ketones (excluding diaryl/α,β-unsaturated/α-hetero) is 1. The van der Waals surface area contributed by atoms with Crippen LogP contribution >= 0.6 is 0 Å². The molecule has 3 rings (SSSR count). The lowest BCUT2D eigenvalue weighted by Gasteiger charge is -2.10. The molecular weight excluding hydrogens is 392 g/mol. The molecule has 0 unspecified atom stereocenters. The monoisotopic (exact) mass is 420 g/mol. The smallest absolute Gasteiger partial charge is 0.224 e. The Bertz CT molecular complexity index is 1020. The van der Waals surface area contributed by atoms with Gasteiger partial charge >= 0.3 is 0 Å². The number of aliphatic hydroxyl groups is 1. The molecule has 0 aliphatic carbocycles. The first-order valence-electron chi connectivity index (χ1n) is 10.3. The average Bonchev–Trinajstić information content (AvgIpc) is 3.06. The Hall–Kier alpha value is -3.38. The summed E-state index contributed by atoms with van der Waals surface area (Å²) in [4.78, 5) is 24.5. The molecule has 0 atom stereocenters. The Morgan fingerprint density at radius 3 is 2.39 bits per heavy atom. The minimum Gasteiger partial charge on any atom is -0.485 e. The number of aliphatic hydroxyl groups excluding tert-OH is 1. The molecule has 3 aromatic rings. The number of nitrogens with zero attached hydrogens (tertiary/aromatic N) is 1. The standard InChI is InChI=1S/C25H28N2O4/c1-18-14-23(19(2)27(18)16-21-6-4-3-5-7-21)24(29)17-31-22-10-8-20(9-11-22)15-25(30)26-12-13-28/h3-11,14,28H,12-13,15-17H2,1-2H3,(H,26,30). The number of carbonyl (C=O) groups excluding carboxylic acids is 2. The van der Waals surface area contributed by atoms with Crippen LogP contribution in [0.4, 0.5) is 0 Å². The van der Waals surface area contributed by atoms with E-state index < -0.39 is 0 Å². The molecule has 0 fully saturated rings. The summed E-state index contributed by atoms with van der Waals surface area (Å²) >= 11 is 0. The summed E-state index contributed by atoms with van der Waals surface area (Å²) in [6, 6.07) is 19.2. The van der Waals surface area contributed by atoms with Gasteiger partial charge in [0.1, 0.15) is 5.75 Å². The van der Waals surface area contributed by atoms with Gasteiger partial charge in [-0.1, -0.05) is 42.5 Å². The second-order valence-corrected chi connectivity index (χ2v) is 7.46. The van der Waals surface area contributed by atoms with Crippen LogP contribution in [0.3, 0.4) is 0 Å². The van der Waals surface area contributed by atoms with E-state index >= 15 is 0 Å². The number of ether oxygens (including phenoxy) is 1. The molecule has 2 N–H and O–H groups in total. The van der Waals surface area contributed by atoms with Crippen LogP contribution in [-0.4, -0.2) is 41.1 Å². The highest BCUT2D eigenvalue weighted by Gasteiger charge is 2.16. The minimum atomic E-state index is -0.149. The van der Waals surface area contributed by atoms with Crippen LogP contribution in [0.2, 0.25) is 0 Å². The molecule has 1 aromatic heterocycles. The minimum absolute atomic E-state index is 0.0496. The number of hydrogen-bond donors (Lipinski definition) is 2. The van der Waals surface area contributed by atoms with Gasteiger partial charge in [-0.2, -0.15) is 0 Å². The summed E-state index contributed by atoms with van der Waals surface area (Å²) in [6.07, 6.45) is 0.229. The van der Waals surface area contributed by atoms with Crippen LogP contribution in [0.25, 0.3) is 0 Å². The Kier molecular flexibility index (Phi) is 7.62. The van der Waals surface area contributed by atoms with Gasteiger partial charge in [-0.25, -0.2) is 0 Å². The van der Waals surface area contributed by atoms with E-state index in [2.05, 4.69) is 22.0 Å². The van der Waals surface area contributed by atoms with Gasteiger partial charge in [0.05, 0.1) is 13.0 Å². The van der Waals surface area contributed by atoms with E-state index in [4.69, 9.17) is 9.84 Å². The molecule has 1 heterocycles. The highest BCUT2D eigenvalue weighted by molar-refractivity contribution is 5.98. The Balaban J connectivity index is 1.58. The zero-order valence-electron chi connectivity index (χ0n) is 17.9. The van der Waals surface area contributed by atoms with Crippen LogP contribution in [0.5, 0.6) is 5.75 Å². The van der Waals surface area contributed by atoms with E-state index in [9.17, 15) is 9.59 Å². The maximum atomic E-state index is 12.8. The van der Waals surface area contributed by atoms with Gasteiger partial charge in [0.2, 0.25) is 11.7 Å². The fraction of sp³-hybridized carbons (Fsp3) is 0.280. The van der Waals surface area contributed by atoms with Gasteiger partial charge in [-0.05, 0) is 43.2 Å². The maximum Gasteiger partial charge on any atom is 0.224 e. The summed E-state index contributed by atoms with van der Waals surface area (Å²) in [5.74, 6) is 0.356. The molecule has 6 nitrogen and oxygen atoms in total. The highest BCUT2D eigenvalue weighted by atomic mass is 16.5. The molecule has 0 saturated heterocycles. The van der Waals surface area contributed by atoms with E-state index in [1.165, 1.54) is 5.56 Å². The van der Waals surface area contributed by atoms with Crippen molar-refractivity contribution in [3.63, 3.8) is 0 Å². The van der Waals surface area contributed by atoms with E-state index in [0.29, 0.717) is 11.3 Å². The molecule has 0 spiro atoms. The molecule has 0 radical (unpaired) electrons. The third kappa shape index (κ3) is 6.06. The van der Waals surface area contributed by atoms with Crippen LogP contribution in [0.15, 0.2) is 60.7 Å². The number of hydrogen-bond acceptors (Lipinski definition) is 4. The molecule has 0 aliphatic rings. The highest BCUT2D eigenvalue weighted by Crippen LogP contribution is 2.19. The lowest BCUT2D eigenvalue weighted by atomic mass is 10.1. The molecule has 0 bridgehead atoms. The second-order valence-electron chi connectivity index (χ2n) is 7.46. The van der Waals surface area contributed by atoms with Gasteiger partial charge in [-0.15, -0.1) is 0 Å². The first kappa shape index (κ1) is 22.3. The summed E-state index contributed by atoms with van der Waals surface area (Å²) in [5, 5.41) is 11.4. The van der Waals surface area contributed by atoms with Gasteiger partial charge in [0, 0.05) is 30.0 Å². The fourth-order valence-corrected chi connectivity index (χ4v) is 3.47. The number of nitrogens with one attached hydrogen (secondary N) is 1. The molecule has 1 amide bonds. The Morgan fingerprint density at radius 2 is 1.71 bits per heavy atom. The third-order valence-corrected chi connectivity index (χ3v) is 5.15. The van der Waals surface area contributed by atoms with Crippen molar-refractivity contribution in [2.75, 3.05) is 19.8 Å². The molecule has 2 aromatic carbocycles. The van der Waals surface area contributed by atoms with Crippen molar-refractivity contribution in [2.45, 2.75) is 26.8 Å².